The van der Waals surface area contributed by atoms with Gasteiger partial charge in [-0.1, -0.05) is 41.4 Å². The summed E-state index contributed by atoms with van der Waals surface area (Å²) in [6.07, 6.45) is 0. The Labute approximate surface area is 183 Å². The SMILES string of the molecule is CN.Nc1c(C(=O)c2ccc(Cl)cc2Cl)oc2cc(-c3cccc(S)c3)ccc12. The van der Waals surface area contributed by atoms with Crippen LogP contribution in [0.2, 0.25) is 10.0 Å². The van der Waals surface area contributed by atoms with Crippen LogP contribution in [0.25, 0.3) is 22.1 Å². The quantitative estimate of drug-likeness (QED) is 0.264. The molecule has 0 bridgehead atoms. The predicted molar refractivity (Wildman–Crippen MR) is 123 cm³/mol. The van der Waals surface area contributed by atoms with Crippen LogP contribution < -0.4 is 11.5 Å². The summed E-state index contributed by atoms with van der Waals surface area (Å²) in [6.45, 7) is 0. The van der Waals surface area contributed by atoms with Crippen LogP contribution in [-0.2, 0) is 0 Å². The predicted octanol–water partition coefficient (Wildman–Crippen LogP) is 6.08. The fourth-order valence-electron chi connectivity index (χ4n) is 2.95. The fourth-order valence-corrected chi connectivity index (χ4v) is 3.67. The maximum absolute atomic E-state index is 12.9. The summed E-state index contributed by atoms with van der Waals surface area (Å²) in [7, 11) is 1.50. The van der Waals surface area contributed by atoms with Gasteiger partial charge in [0.05, 0.1) is 10.7 Å². The lowest BCUT2D eigenvalue weighted by Crippen LogP contribution is -2.03. The first-order valence-corrected chi connectivity index (χ1v) is 9.83. The molecule has 4 rings (SSSR count). The van der Waals surface area contributed by atoms with E-state index >= 15 is 0 Å². The van der Waals surface area contributed by atoms with Crippen molar-refractivity contribution in [2.75, 3.05) is 12.8 Å². The second-order valence-corrected chi connectivity index (χ2v) is 7.42. The molecule has 7 heteroatoms. The number of rotatable bonds is 3. The molecule has 0 aliphatic carbocycles. The lowest BCUT2D eigenvalue weighted by molar-refractivity contribution is 0.101. The van der Waals surface area contributed by atoms with E-state index in [-0.39, 0.29) is 27.8 Å². The van der Waals surface area contributed by atoms with E-state index in [9.17, 15) is 4.79 Å². The van der Waals surface area contributed by atoms with Gasteiger partial charge in [-0.25, -0.2) is 0 Å². The van der Waals surface area contributed by atoms with E-state index in [2.05, 4.69) is 18.4 Å². The molecule has 4 aromatic rings. The third-order valence-corrected chi connectivity index (χ3v) is 5.12. The number of benzene rings is 3. The molecule has 0 unspecified atom stereocenters. The molecule has 0 saturated heterocycles. The van der Waals surface area contributed by atoms with E-state index in [0.29, 0.717) is 16.0 Å². The zero-order chi connectivity index (χ0) is 21.1. The van der Waals surface area contributed by atoms with Gasteiger partial charge in [0, 0.05) is 20.9 Å². The van der Waals surface area contributed by atoms with Gasteiger partial charge in [0.15, 0.2) is 5.76 Å². The number of nitrogen functional groups attached to an aromatic ring is 1. The third-order valence-electron chi connectivity index (χ3n) is 4.29. The van der Waals surface area contributed by atoms with Crippen LogP contribution in [0.1, 0.15) is 16.1 Å². The van der Waals surface area contributed by atoms with Crippen molar-refractivity contribution < 1.29 is 9.21 Å². The highest BCUT2D eigenvalue weighted by atomic mass is 35.5. The molecule has 0 aliphatic rings. The van der Waals surface area contributed by atoms with Crippen LogP contribution in [0, 0.1) is 0 Å². The maximum atomic E-state index is 12.9. The van der Waals surface area contributed by atoms with Crippen LogP contribution in [0.15, 0.2) is 70.0 Å². The average molecular weight is 445 g/mol. The van der Waals surface area contributed by atoms with Crippen molar-refractivity contribution in [3.05, 3.63) is 82.0 Å². The number of thiol groups is 1. The second-order valence-electron chi connectivity index (χ2n) is 6.06. The molecular weight excluding hydrogens is 427 g/mol. The van der Waals surface area contributed by atoms with Crippen molar-refractivity contribution in [1.82, 2.24) is 0 Å². The molecule has 1 heterocycles. The highest BCUT2D eigenvalue weighted by Gasteiger charge is 2.22. The fraction of sp³-hybridized carbons (Fsp3) is 0.0455. The van der Waals surface area contributed by atoms with Crippen molar-refractivity contribution in [1.29, 1.82) is 0 Å². The van der Waals surface area contributed by atoms with Gasteiger partial charge < -0.3 is 15.9 Å². The smallest absolute Gasteiger partial charge is 0.231 e. The van der Waals surface area contributed by atoms with Crippen LogP contribution >= 0.6 is 35.8 Å². The zero-order valence-corrected chi connectivity index (χ0v) is 17.9. The first-order valence-electron chi connectivity index (χ1n) is 8.63. The Balaban J connectivity index is 0.00000117. The van der Waals surface area contributed by atoms with Crippen molar-refractivity contribution >= 4 is 58.3 Å². The summed E-state index contributed by atoms with van der Waals surface area (Å²) in [5.41, 5.74) is 13.7. The molecule has 0 amide bonds. The Kier molecular flexibility index (Phi) is 6.55. The number of ketones is 1. The molecule has 1 aromatic heterocycles. The Morgan fingerprint density at radius 2 is 1.69 bits per heavy atom. The number of anilines is 1. The van der Waals surface area contributed by atoms with Crippen LogP contribution in [-0.4, -0.2) is 12.8 Å². The molecule has 3 aromatic carbocycles. The molecule has 4 nitrogen and oxygen atoms in total. The summed E-state index contributed by atoms with van der Waals surface area (Å²) in [5.74, 6) is -0.321. The highest BCUT2D eigenvalue weighted by Crippen LogP contribution is 2.34. The van der Waals surface area contributed by atoms with Crippen LogP contribution in [0.4, 0.5) is 5.69 Å². The van der Waals surface area contributed by atoms with Gasteiger partial charge >= 0.3 is 0 Å². The van der Waals surface area contributed by atoms with Crippen molar-refractivity contribution in [3.63, 3.8) is 0 Å². The molecule has 0 radical (unpaired) electrons. The van der Waals surface area contributed by atoms with E-state index in [4.69, 9.17) is 33.4 Å². The molecule has 4 N–H and O–H groups in total. The van der Waals surface area contributed by atoms with Crippen LogP contribution in [0.3, 0.4) is 0 Å². The molecular formula is C22H18Cl2N2O2S. The number of halogens is 2. The zero-order valence-electron chi connectivity index (χ0n) is 15.4. The van der Waals surface area contributed by atoms with Gasteiger partial charge in [0.1, 0.15) is 5.58 Å². The van der Waals surface area contributed by atoms with Crippen molar-refractivity contribution in [2.24, 2.45) is 5.73 Å². The van der Waals surface area contributed by atoms with E-state index < -0.39 is 0 Å². The van der Waals surface area contributed by atoms with Crippen molar-refractivity contribution in [2.45, 2.75) is 4.90 Å². The number of nitrogens with two attached hydrogens (primary N) is 2. The Hall–Kier alpha value is -2.44. The van der Waals surface area contributed by atoms with Gasteiger partial charge in [0.2, 0.25) is 5.78 Å². The Morgan fingerprint density at radius 3 is 2.38 bits per heavy atom. The minimum atomic E-state index is -0.385. The average Bonchev–Trinajstić information content (AvgIpc) is 3.05. The van der Waals surface area contributed by atoms with Gasteiger partial charge in [-0.05, 0) is 60.6 Å². The summed E-state index contributed by atoms with van der Waals surface area (Å²) in [5, 5.41) is 1.37. The number of carbonyl (C=O) groups excluding carboxylic acids is 1. The van der Waals surface area contributed by atoms with Gasteiger partial charge in [-0.15, -0.1) is 12.6 Å². The summed E-state index contributed by atoms with van der Waals surface area (Å²) >= 11 is 16.4. The third kappa shape index (κ3) is 4.28. The first-order chi connectivity index (χ1) is 13.9. The molecule has 0 atom stereocenters. The van der Waals surface area contributed by atoms with Crippen LogP contribution in [0.5, 0.6) is 0 Å². The molecule has 0 fully saturated rings. The van der Waals surface area contributed by atoms with Gasteiger partial charge in [0.25, 0.3) is 0 Å². The Morgan fingerprint density at radius 1 is 0.966 bits per heavy atom. The summed E-state index contributed by atoms with van der Waals surface area (Å²) < 4.78 is 5.81. The lowest BCUT2D eigenvalue weighted by Gasteiger charge is -2.02. The van der Waals surface area contributed by atoms with E-state index in [1.807, 2.05) is 42.5 Å². The lowest BCUT2D eigenvalue weighted by atomic mass is 10.0. The van der Waals surface area contributed by atoms with Gasteiger partial charge in [-0.2, -0.15) is 0 Å². The van der Waals surface area contributed by atoms with E-state index in [1.54, 1.807) is 12.1 Å². The molecule has 0 saturated carbocycles. The van der Waals surface area contributed by atoms with E-state index in [0.717, 1.165) is 16.0 Å². The normalized spacial score (nSPS) is 10.5. The van der Waals surface area contributed by atoms with Gasteiger partial charge in [-0.3, -0.25) is 4.79 Å². The second kappa shape index (κ2) is 8.93. The maximum Gasteiger partial charge on any atom is 0.231 e. The minimum absolute atomic E-state index is 0.0642. The number of hydrogen-bond acceptors (Lipinski definition) is 5. The molecule has 0 aliphatic heterocycles. The monoisotopic (exact) mass is 444 g/mol. The number of carbonyl (C=O) groups is 1. The summed E-state index contributed by atoms with van der Waals surface area (Å²) in [6, 6.07) is 18.1. The minimum Gasteiger partial charge on any atom is -0.450 e. The largest absolute Gasteiger partial charge is 0.450 e. The standard InChI is InChI=1S/C21H13Cl2NO2S.CH5N/c22-13-5-7-15(17(23)10-13)20(25)21-19(24)16-6-4-12(9-18(16)26-21)11-2-1-3-14(27)8-11;1-2/h1-10,27H,24H2;2H2,1H3. The highest BCUT2D eigenvalue weighted by molar-refractivity contribution is 7.80. The Bertz CT molecular complexity index is 1200. The molecule has 148 valence electrons. The van der Waals surface area contributed by atoms with Crippen molar-refractivity contribution in [3.8, 4) is 11.1 Å². The number of furan rings is 1. The molecule has 0 spiro atoms. The number of fused-ring (bicyclic) bond motifs is 1. The van der Waals surface area contributed by atoms with E-state index in [1.165, 1.54) is 13.1 Å². The first kappa shape index (κ1) is 21.3. The summed E-state index contributed by atoms with van der Waals surface area (Å²) in [4.78, 5) is 13.7. The topological polar surface area (TPSA) is 82.2 Å². The number of hydrogen-bond donors (Lipinski definition) is 3. The molecule has 29 heavy (non-hydrogen) atoms.